The smallest absolute Gasteiger partial charge is 0.345 e. The van der Waals surface area contributed by atoms with Crippen LogP contribution < -0.4 is 15.4 Å². The Balaban J connectivity index is 0.00000500. The van der Waals surface area contributed by atoms with Crippen LogP contribution in [0.2, 0.25) is 0 Å². The molecule has 0 bridgehead atoms. The van der Waals surface area contributed by atoms with E-state index in [1.54, 1.807) is 26.1 Å². The van der Waals surface area contributed by atoms with Gasteiger partial charge in [0.05, 0.1) is 24.4 Å². The molecule has 0 unspecified atom stereocenters. The normalized spacial score (nSPS) is 13.2. The number of hydrogen-bond acceptors (Lipinski definition) is 9. The first-order valence-electron chi connectivity index (χ1n) is 15.4. The molecule has 11 heteroatoms. The molecule has 1 amide bonds. The molecule has 1 aromatic heterocycles. The summed E-state index contributed by atoms with van der Waals surface area (Å²) in [4.78, 5) is 36.1. The summed E-state index contributed by atoms with van der Waals surface area (Å²) in [5.41, 5.74) is 6.30. The van der Waals surface area contributed by atoms with E-state index in [1.807, 2.05) is 62.4 Å². The Morgan fingerprint density at radius 3 is 2.26 bits per heavy atom. The van der Waals surface area contributed by atoms with E-state index in [0.717, 1.165) is 60.3 Å². The number of aromatic nitrogens is 2. The van der Waals surface area contributed by atoms with Gasteiger partial charge in [-0.2, -0.15) is 10.2 Å². The minimum atomic E-state index is -0.551. The Kier molecular flexibility index (Phi) is 11.9. The Morgan fingerprint density at radius 2 is 1.66 bits per heavy atom. The Morgan fingerprint density at radius 1 is 1.00 bits per heavy atom. The van der Waals surface area contributed by atoms with E-state index in [2.05, 4.69) is 31.6 Å². The van der Waals surface area contributed by atoms with Crippen LogP contribution in [0.1, 0.15) is 62.7 Å². The minimum absolute atomic E-state index is 0. The molecule has 1 aliphatic heterocycles. The molecule has 3 aromatic carbocycles. The number of likely N-dealkylation sites (tertiary alicyclic amines) is 1. The molecule has 0 spiro atoms. The number of halogens is 1. The third-order valence-electron chi connectivity index (χ3n) is 8.03. The number of hydrogen-bond donors (Lipinski definition) is 2. The predicted molar refractivity (Wildman–Crippen MR) is 183 cm³/mol. The van der Waals surface area contributed by atoms with Gasteiger partial charge in [0.1, 0.15) is 11.3 Å². The first kappa shape index (κ1) is 34.9. The Hall–Kier alpha value is -4.98. The lowest BCUT2D eigenvalue weighted by Crippen LogP contribution is -2.39. The Bertz CT molecular complexity index is 1720. The van der Waals surface area contributed by atoms with Crippen LogP contribution in [0.15, 0.2) is 66.9 Å². The van der Waals surface area contributed by atoms with Crippen LogP contribution in [-0.2, 0) is 11.3 Å². The van der Waals surface area contributed by atoms with Crippen LogP contribution in [0, 0.1) is 25.2 Å². The van der Waals surface area contributed by atoms with E-state index in [9.17, 15) is 9.59 Å². The van der Waals surface area contributed by atoms with Crippen molar-refractivity contribution in [3.63, 3.8) is 0 Å². The van der Waals surface area contributed by atoms with E-state index >= 15 is 0 Å². The van der Waals surface area contributed by atoms with E-state index in [4.69, 9.17) is 14.7 Å². The third kappa shape index (κ3) is 8.64. The number of esters is 1. The van der Waals surface area contributed by atoms with Gasteiger partial charge in [-0.05, 0) is 97.8 Å². The van der Waals surface area contributed by atoms with E-state index in [1.165, 1.54) is 6.20 Å². The van der Waals surface area contributed by atoms with Gasteiger partial charge in [0.25, 0.3) is 5.91 Å². The first-order chi connectivity index (χ1) is 22.3. The topological polar surface area (TPSA) is 129 Å². The van der Waals surface area contributed by atoms with Gasteiger partial charge in [0.2, 0.25) is 11.8 Å². The molecule has 1 saturated heterocycles. The van der Waals surface area contributed by atoms with Gasteiger partial charge in [-0.25, -0.2) is 9.78 Å². The maximum Gasteiger partial charge on any atom is 0.345 e. The lowest BCUT2D eigenvalue weighted by molar-refractivity contribution is 0.0522. The van der Waals surface area contributed by atoms with E-state index < -0.39 is 5.97 Å². The summed E-state index contributed by atoms with van der Waals surface area (Å²) in [5.74, 6) is 0.476. The summed E-state index contributed by atoms with van der Waals surface area (Å²) >= 11 is 0. The third-order valence-corrected chi connectivity index (χ3v) is 8.03. The fourth-order valence-electron chi connectivity index (χ4n) is 5.56. The number of ether oxygens (including phenoxy) is 2. The molecule has 1 aliphatic rings. The summed E-state index contributed by atoms with van der Waals surface area (Å²) < 4.78 is 11.6. The van der Waals surface area contributed by atoms with Crippen molar-refractivity contribution >= 4 is 30.2 Å². The van der Waals surface area contributed by atoms with Crippen LogP contribution in [0.3, 0.4) is 0 Å². The number of nitrogens with zero attached hydrogens (tertiary/aromatic N) is 4. The number of benzene rings is 3. The monoisotopic (exact) mass is 654 g/mol. The van der Waals surface area contributed by atoms with Crippen LogP contribution in [0.4, 0.5) is 5.95 Å². The highest BCUT2D eigenvalue weighted by molar-refractivity contribution is 5.94. The number of nitrogens with one attached hydrogen (secondary N) is 2. The molecule has 47 heavy (non-hydrogen) atoms. The number of piperidine rings is 1. The Labute approximate surface area is 281 Å². The van der Waals surface area contributed by atoms with Gasteiger partial charge in [-0.15, -0.1) is 12.4 Å². The van der Waals surface area contributed by atoms with E-state index in [0.29, 0.717) is 22.8 Å². The molecule has 10 nitrogen and oxygen atoms in total. The molecular formula is C36H39ClN6O4. The molecule has 244 valence electrons. The average Bonchev–Trinajstić information content (AvgIpc) is 3.07. The number of aryl methyl sites for hydroxylation is 2. The van der Waals surface area contributed by atoms with Crippen LogP contribution in [0.5, 0.6) is 11.6 Å². The minimum Gasteiger partial charge on any atom is -0.462 e. The molecular weight excluding hydrogens is 616 g/mol. The zero-order chi connectivity index (χ0) is 32.6. The number of amides is 1. The maximum atomic E-state index is 12.8. The molecule has 2 N–H and O–H groups in total. The first-order valence-corrected chi connectivity index (χ1v) is 15.4. The quantitative estimate of drug-likeness (QED) is 0.185. The summed E-state index contributed by atoms with van der Waals surface area (Å²) in [6.45, 7) is 8.45. The van der Waals surface area contributed by atoms with E-state index in [-0.39, 0.29) is 42.4 Å². The molecule has 5 rings (SSSR count). The van der Waals surface area contributed by atoms with Gasteiger partial charge >= 0.3 is 5.97 Å². The van der Waals surface area contributed by atoms with Crippen LogP contribution in [0.25, 0.3) is 11.1 Å². The molecule has 4 aromatic rings. The summed E-state index contributed by atoms with van der Waals surface area (Å²) in [6.07, 6.45) is 3.24. The van der Waals surface area contributed by atoms with Gasteiger partial charge in [0, 0.05) is 38.3 Å². The zero-order valence-electron chi connectivity index (χ0n) is 27.0. The van der Waals surface area contributed by atoms with Crippen LogP contribution >= 0.6 is 12.4 Å². The summed E-state index contributed by atoms with van der Waals surface area (Å²) in [7, 11) is 1.63. The number of nitriles is 1. The predicted octanol–water partition coefficient (Wildman–Crippen LogP) is 6.46. The van der Waals surface area contributed by atoms with Gasteiger partial charge in [-0.3, -0.25) is 9.69 Å². The molecule has 0 radical (unpaired) electrons. The molecule has 1 fully saturated rings. The average molecular weight is 655 g/mol. The second kappa shape index (κ2) is 16.0. The van der Waals surface area contributed by atoms with Crippen LogP contribution in [-0.4, -0.2) is 59.5 Å². The van der Waals surface area contributed by atoms with Crippen molar-refractivity contribution in [2.24, 2.45) is 0 Å². The number of carbonyl (C=O) groups is 2. The van der Waals surface area contributed by atoms with Crippen molar-refractivity contribution in [1.29, 1.82) is 5.26 Å². The molecule has 0 atom stereocenters. The number of carbonyl (C=O) groups excluding carboxylic acids is 2. The lowest BCUT2D eigenvalue weighted by atomic mass is 9.99. The van der Waals surface area contributed by atoms with Crippen molar-refractivity contribution in [3.05, 3.63) is 100 Å². The van der Waals surface area contributed by atoms with Crippen molar-refractivity contribution in [2.75, 3.05) is 32.1 Å². The van der Waals surface area contributed by atoms with Gasteiger partial charge in [-0.1, -0.05) is 24.3 Å². The highest BCUT2D eigenvalue weighted by Crippen LogP contribution is 2.34. The fourth-order valence-corrected chi connectivity index (χ4v) is 5.56. The van der Waals surface area contributed by atoms with Crippen molar-refractivity contribution in [3.8, 4) is 28.8 Å². The SMILES string of the molecule is CCOC(=O)c1cnc(NC2CCN(Cc3ccc(C(=O)NC)cc3)CC2)nc1Oc1c(C)cc(-c2ccc(C#N)cc2)cc1C.Cl. The number of rotatable bonds is 10. The molecule has 2 heterocycles. The molecule has 0 saturated carbocycles. The highest BCUT2D eigenvalue weighted by atomic mass is 35.5. The van der Waals surface area contributed by atoms with Gasteiger partial charge in [0.15, 0.2) is 0 Å². The van der Waals surface area contributed by atoms with Crippen molar-refractivity contribution in [2.45, 2.75) is 46.2 Å². The highest BCUT2D eigenvalue weighted by Gasteiger charge is 2.23. The zero-order valence-corrected chi connectivity index (χ0v) is 27.8. The second-order valence-electron chi connectivity index (χ2n) is 11.3. The lowest BCUT2D eigenvalue weighted by Gasteiger charge is -2.32. The number of anilines is 1. The molecule has 0 aliphatic carbocycles. The maximum absolute atomic E-state index is 12.8. The standard InChI is InChI=1S/C36H38N6O4.ClH/c1-5-45-35(44)31-21-39-36(40-30-14-16-42(17-15-30)22-26-8-12-28(13-9-26)33(43)38-4)41-34(31)46-32-23(2)18-29(19-24(32)3)27-10-6-25(20-37)7-11-27;/h6-13,18-19,21,30H,5,14-17,22H2,1-4H3,(H,38,43)(H,39,40,41);1H. The summed E-state index contributed by atoms with van der Waals surface area (Å²) in [6, 6.07) is 21.5. The fraction of sp³-hybridized carbons (Fsp3) is 0.306. The van der Waals surface area contributed by atoms with Crippen molar-refractivity contribution in [1.82, 2.24) is 20.2 Å². The summed E-state index contributed by atoms with van der Waals surface area (Å²) in [5, 5.41) is 15.2. The van der Waals surface area contributed by atoms with Crippen molar-refractivity contribution < 1.29 is 19.1 Å². The second-order valence-corrected chi connectivity index (χ2v) is 11.3. The van der Waals surface area contributed by atoms with Gasteiger partial charge < -0.3 is 20.1 Å². The largest absolute Gasteiger partial charge is 0.462 e.